The van der Waals surface area contributed by atoms with Crippen LogP contribution in [0.15, 0.2) is 24.3 Å². The lowest BCUT2D eigenvalue weighted by molar-refractivity contribution is 0.388. The Morgan fingerprint density at radius 3 is 2.87 bits per heavy atom. The average molecular weight is 206 g/mol. The van der Waals surface area contributed by atoms with Gasteiger partial charge < -0.3 is 9.47 Å². The Bertz CT molecular complexity index is 305. The highest BCUT2D eigenvalue weighted by Crippen LogP contribution is 2.21. The van der Waals surface area contributed by atoms with E-state index in [4.69, 9.17) is 9.47 Å². The highest BCUT2D eigenvalue weighted by atomic mass is 16.6. The van der Waals surface area contributed by atoms with Gasteiger partial charge in [-0.15, -0.1) is 0 Å². The molecule has 0 amide bonds. The maximum Gasteiger partial charge on any atom is 0.122 e. The number of unbranched alkanes of at least 4 members (excludes halogenated alkanes) is 1. The molecule has 2 heteroatoms. The zero-order valence-corrected chi connectivity index (χ0v) is 9.24. The van der Waals surface area contributed by atoms with Crippen LogP contribution in [0.3, 0.4) is 0 Å². The smallest absolute Gasteiger partial charge is 0.122 e. The summed E-state index contributed by atoms with van der Waals surface area (Å²) >= 11 is 0. The second kappa shape index (κ2) is 5.17. The van der Waals surface area contributed by atoms with Gasteiger partial charge in [0.25, 0.3) is 0 Å². The molecule has 0 spiro atoms. The molecule has 1 saturated heterocycles. The molecule has 2 nitrogen and oxygen atoms in total. The van der Waals surface area contributed by atoms with Gasteiger partial charge in [0, 0.05) is 0 Å². The fourth-order valence-electron chi connectivity index (χ4n) is 1.83. The number of epoxide rings is 1. The first-order chi connectivity index (χ1) is 7.40. The van der Waals surface area contributed by atoms with Gasteiger partial charge in [-0.3, -0.25) is 0 Å². The molecule has 1 aromatic carbocycles. The largest absolute Gasteiger partial charge is 0.496 e. The Morgan fingerprint density at radius 2 is 2.13 bits per heavy atom. The molecule has 0 aliphatic carbocycles. The number of ether oxygens (including phenoxy) is 2. The first-order valence-electron chi connectivity index (χ1n) is 5.63. The van der Waals surface area contributed by atoms with E-state index in [0.29, 0.717) is 6.10 Å². The lowest BCUT2D eigenvalue weighted by atomic mass is 10.1. The molecule has 15 heavy (non-hydrogen) atoms. The molecule has 0 radical (unpaired) electrons. The molecule has 1 aliphatic heterocycles. The van der Waals surface area contributed by atoms with Crippen molar-refractivity contribution in [1.29, 1.82) is 0 Å². The minimum absolute atomic E-state index is 0.572. The summed E-state index contributed by atoms with van der Waals surface area (Å²) < 4.78 is 10.5. The van der Waals surface area contributed by atoms with Crippen LogP contribution < -0.4 is 4.74 Å². The van der Waals surface area contributed by atoms with E-state index in [1.54, 1.807) is 7.11 Å². The van der Waals surface area contributed by atoms with E-state index < -0.39 is 0 Å². The molecule has 82 valence electrons. The van der Waals surface area contributed by atoms with Gasteiger partial charge in [0.15, 0.2) is 0 Å². The van der Waals surface area contributed by atoms with Gasteiger partial charge in [-0.1, -0.05) is 24.6 Å². The minimum Gasteiger partial charge on any atom is -0.496 e. The third-order valence-corrected chi connectivity index (χ3v) is 2.82. The summed E-state index contributed by atoms with van der Waals surface area (Å²) in [7, 11) is 1.73. The number of benzene rings is 1. The normalized spacial score (nSPS) is 18.9. The molecule has 0 saturated carbocycles. The predicted molar refractivity (Wildman–Crippen MR) is 60.3 cm³/mol. The second-order valence-electron chi connectivity index (χ2n) is 4.01. The van der Waals surface area contributed by atoms with Crippen molar-refractivity contribution >= 4 is 0 Å². The van der Waals surface area contributed by atoms with Crippen molar-refractivity contribution in [2.24, 2.45) is 0 Å². The fourth-order valence-corrected chi connectivity index (χ4v) is 1.83. The Labute approximate surface area is 91.2 Å². The molecule has 0 bridgehead atoms. The van der Waals surface area contributed by atoms with Crippen molar-refractivity contribution < 1.29 is 9.47 Å². The Hall–Kier alpha value is -1.02. The van der Waals surface area contributed by atoms with E-state index in [1.807, 2.05) is 12.1 Å². The zero-order chi connectivity index (χ0) is 10.5. The van der Waals surface area contributed by atoms with Gasteiger partial charge >= 0.3 is 0 Å². The number of rotatable bonds is 6. The van der Waals surface area contributed by atoms with E-state index in [1.165, 1.54) is 24.8 Å². The topological polar surface area (TPSA) is 21.8 Å². The Morgan fingerprint density at radius 1 is 1.33 bits per heavy atom. The average Bonchev–Trinajstić information content (AvgIpc) is 3.09. The molecular formula is C13H18O2. The molecule has 1 fully saturated rings. The van der Waals surface area contributed by atoms with Crippen LogP contribution in [-0.2, 0) is 11.2 Å². The number of para-hydroxylation sites is 1. The van der Waals surface area contributed by atoms with Crippen LogP contribution >= 0.6 is 0 Å². The van der Waals surface area contributed by atoms with Crippen molar-refractivity contribution in [3.63, 3.8) is 0 Å². The van der Waals surface area contributed by atoms with Crippen LogP contribution in [0.1, 0.15) is 24.8 Å². The van der Waals surface area contributed by atoms with E-state index >= 15 is 0 Å². The highest BCUT2D eigenvalue weighted by molar-refractivity contribution is 5.33. The molecule has 1 atom stereocenters. The summed E-state index contributed by atoms with van der Waals surface area (Å²) in [4.78, 5) is 0. The number of hydrogen-bond acceptors (Lipinski definition) is 2. The first-order valence-corrected chi connectivity index (χ1v) is 5.63. The maximum absolute atomic E-state index is 5.31. The zero-order valence-electron chi connectivity index (χ0n) is 9.24. The summed E-state index contributed by atoms with van der Waals surface area (Å²) in [6, 6.07) is 8.26. The highest BCUT2D eigenvalue weighted by Gasteiger charge is 2.20. The maximum atomic E-state index is 5.31. The minimum atomic E-state index is 0.572. The third-order valence-electron chi connectivity index (χ3n) is 2.82. The standard InChI is InChI=1S/C13H18O2/c1-14-13-9-5-3-7-11(13)6-2-4-8-12-10-15-12/h3,5,7,9,12H,2,4,6,8,10H2,1H3. The first kappa shape index (κ1) is 10.5. The second-order valence-corrected chi connectivity index (χ2v) is 4.01. The number of aryl methyl sites for hydroxylation is 1. The molecule has 1 aliphatic rings. The third kappa shape index (κ3) is 3.24. The van der Waals surface area contributed by atoms with E-state index in [9.17, 15) is 0 Å². The van der Waals surface area contributed by atoms with Gasteiger partial charge in [0.2, 0.25) is 0 Å². The Balaban J connectivity index is 1.75. The van der Waals surface area contributed by atoms with Crippen LogP contribution in [-0.4, -0.2) is 19.8 Å². The van der Waals surface area contributed by atoms with Gasteiger partial charge in [0.05, 0.1) is 19.8 Å². The molecular weight excluding hydrogens is 188 g/mol. The van der Waals surface area contributed by atoms with E-state index in [-0.39, 0.29) is 0 Å². The van der Waals surface area contributed by atoms with Crippen molar-refractivity contribution in [1.82, 2.24) is 0 Å². The van der Waals surface area contributed by atoms with Crippen molar-refractivity contribution in [3.05, 3.63) is 29.8 Å². The number of methoxy groups -OCH3 is 1. The van der Waals surface area contributed by atoms with Gasteiger partial charge in [-0.2, -0.15) is 0 Å². The van der Waals surface area contributed by atoms with E-state index in [2.05, 4.69) is 12.1 Å². The lowest BCUT2D eigenvalue weighted by Gasteiger charge is -2.07. The van der Waals surface area contributed by atoms with Crippen LogP contribution in [0.4, 0.5) is 0 Å². The molecule has 2 rings (SSSR count). The monoisotopic (exact) mass is 206 g/mol. The summed E-state index contributed by atoms with van der Waals surface area (Å²) in [5.41, 5.74) is 1.32. The van der Waals surface area contributed by atoms with Crippen LogP contribution in [0.25, 0.3) is 0 Å². The van der Waals surface area contributed by atoms with Gasteiger partial charge in [0.1, 0.15) is 5.75 Å². The summed E-state index contributed by atoms with van der Waals surface area (Å²) in [6.07, 6.45) is 5.37. The summed E-state index contributed by atoms with van der Waals surface area (Å²) in [5, 5.41) is 0. The molecule has 1 unspecified atom stereocenters. The van der Waals surface area contributed by atoms with E-state index in [0.717, 1.165) is 18.8 Å². The van der Waals surface area contributed by atoms with Crippen LogP contribution in [0, 0.1) is 0 Å². The lowest BCUT2D eigenvalue weighted by Crippen LogP contribution is -1.93. The van der Waals surface area contributed by atoms with Gasteiger partial charge in [-0.25, -0.2) is 0 Å². The molecule has 1 heterocycles. The van der Waals surface area contributed by atoms with Crippen LogP contribution in [0.5, 0.6) is 5.75 Å². The summed E-state index contributed by atoms with van der Waals surface area (Å²) in [6.45, 7) is 0.981. The van der Waals surface area contributed by atoms with Crippen molar-refractivity contribution in [3.8, 4) is 5.75 Å². The van der Waals surface area contributed by atoms with Crippen LogP contribution in [0.2, 0.25) is 0 Å². The van der Waals surface area contributed by atoms with Crippen molar-refractivity contribution in [2.75, 3.05) is 13.7 Å². The molecule has 1 aromatic rings. The Kier molecular flexibility index (Phi) is 3.62. The quantitative estimate of drug-likeness (QED) is 0.527. The fraction of sp³-hybridized carbons (Fsp3) is 0.538. The molecule has 0 N–H and O–H groups in total. The molecule has 0 aromatic heterocycles. The number of hydrogen-bond donors (Lipinski definition) is 0. The summed E-state index contributed by atoms with van der Waals surface area (Å²) in [5.74, 6) is 1.01. The van der Waals surface area contributed by atoms with Gasteiger partial charge in [-0.05, 0) is 30.9 Å². The SMILES string of the molecule is COc1ccccc1CCCCC1CO1. The van der Waals surface area contributed by atoms with Crippen molar-refractivity contribution in [2.45, 2.75) is 31.8 Å². The predicted octanol–water partition coefficient (Wildman–Crippen LogP) is 2.81.